The predicted molar refractivity (Wildman–Crippen MR) is 41.6 cm³/mol. The third kappa shape index (κ3) is 2.29. The van der Waals surface area contributed by atoms with Crippen LogP contribution < -0.4 is 0 Å². The molecule has 0 saturated heterocycles. The Kier molecular flexibility index (Phi) is 3.37. The summed E-state index contributed by atoms with van der Waals surface area (Å²) in [6.45, 7) is 0. The SMILES string of the molecule is O=C(c1cc(F)c(F)cc1F)C(F)(F)C(F)(F)F. The molecule has 0 bridgehead atoms. The monoisotopic (exact) mass is 278 g/mol. The minimum Gasteiger partial charge on any atom is -0.287 e. The van der Waals surface area contributed by atoms with Crippen LogP contribution in [0.15, 0.2) is 12.1 Å². The van der Waals surface area contributed by atoms with E-state index in [1.54, 1.807) is 0 Å². The maximum absolute atomic E-state index is 12.9. The summed E-state index contributed by atoms with van der Waals surface area (Å²) in [5, 5.41) is 0. The molecule has 0 spiro atoms. The molecule has 1 rings (SSSR count). The number of hydrogen-bond acceptors (Lipinski definition) is 1. The first-order valence-corrected chi connectivity index (χ1v) is 4.12. The number of Topliss-reactive ketones (excluding diaryl/α,β-unsaturated/α-hetero) is 1. The van der Waals surface area contributed by atoms with Crippen LogP contribution in [0.2, 0.25) is 0 Å². The second-order valence-electron chi connectivity index (χ2n) is 3.15. The summed E-state index contributed by atoms with van der Waals surface area (Å²) in [7, 11) is 0. The zero-order valence-corrected chi connectivity index (χ0v) is 8.09. The molecule has 1 aromatic rings. The number of ketones is 1. The lowest BCUT2D eigenvalue weighted by Gasteiger charge is -2.18. The van der Waals surface area contributed by atoms with Gasteiger partial charge in [0.25, 0.3) is 0 Å². The molecule has 0 N–H and O–H groups in total. The molecule has 0 radical (unpaired) electrons. The molecule has 0 aliphatic heterocycles. The summed E-state index contributed by atoms with van der Waals surface area (Å²) in [6.07, 6.45) is -6.26. The molecule has 0 saturated carbocycles. The van der Waals surface area contributed by atoms with E-state index >= 15 is 0 Å². The Labute approximate surface area is 94.0 Å². The molecule has 0 heterocycles. The van der Waals surface area contributed by atoms with Crippen molar-refractivity contribution in [1.82, 2.24) is 0 Å². The zero-order valence-electron chi connectivity index (χ0n) is 8.09. The molecule has 0 atom stereocenters. The minimum atomic E-state index is -6.26. The molecule has 1 aromatic carbocycles. The quantitative estimate of drug-likeness (QED) is 0.460. The summed E-state index contributed by atoms with van der Waals surface area (Å²) in [6, 6.07) is -0.651. The summed E-state index contributed by atoms with van der Waals surface area (Å²) < 4.78 is 98.5. The number of carbonyl (C=O) groups excluding carboxylic acids is 1. The highest BCUT2D eigenvalue weighted by molar-refractivity contribution is 6.02. The fourth-order valence-electron chi connectivity index (χ4n) is 0.994. The van der Waals surface area contributed by atoms with Crippen LogP contribution in [0.25, 0.3) is 0 Å². The molecule has 0 aromatic heterocycles. The van der Waals surface area contributed by atoms with E-state index in [2.05, 4.69) is 0 Å². The Morgan fingerprint density at radius 3 is 1.72 bits per heavy atom. The van der Waals surface area contributed by atoms with E-state index in [-0.39, 0.29) is 12.1 Å². The van der Waals surface area contributed by atoms with Crippen LogP contribution in [0.5, 0.6) is 0 Å². The maximum atomic E-state index is 12.9. The van der Waals surface area contributed by atoms with Crippen LogP contribution >= 0.6 is 0 Å². The molecule has 0 amide bonds. The van der Waals surface area contributed by atoms with Gasteiger partial charge in [-0.2, -0.15) is 22.0 Å². The highest BCUT2D eigenvalue weighted by Gasteiger charge is 2.63. The zero-order chi connectivity index (χ0) is 14.3. The first-order valence-electron chi connectivity index (χ1n) is 4.12. The van der Waals surface area contributed by atoms with Gasteiger partial charge in [0.1, 0.15) is 5.82 Å². The van der Waals surface area contributed by atoms with Crippen LogP contribution in [-0.4, -0.2) is 17.9 Å². The average Bonchev–Trinajstić information content (AvgIpc) is 2.20. The lowest BCUT2D eigenvalue weighted by Crippen LogP contribution is -2.44. The van der Waals surface area contributed by atoms with E-state index in [0.29, 0.717) is 0 Å². The number of carbonyl (C=O) groups is 1. The van der Waals surface area contributed by atoms with Crippen molar-refractivity contribution in [3.8, 4) is 0 Å². The Balaban J connectivity index is 3.32. The highest BCUT2D eigenvalue weighted by atomic mass is 19.4. The second kappa shape index (κ2) is 4.21. The largest absolute Gasteiger partial charge is 0.461 e. The molecule has 100 valence electrons. The summed E-state index contributed by atoms with van der Waals surface area (Å²) in [4.78, 5) is 10.8. The van der Waals surface area contributed by atoms with Crippen molar-refractivity contribution in [2.24, 2.45) is 0 Å². The molecule has 0 fully saturated rings. The van der Waals surface area contributed by atoms with Crippen LogP contribution in [-0.2, 0) is 0 Å². The summed E-state index contributed by atoms with van der Waals surface area (Å²) >= 11 is 0. The molecule has 0 aliphatic rings. The van der Waals surface area contributed by atoms with Crippen LogP contribution in [0.3, 0.4) is 0 Å². The van der Waals surface area contributed by atoms with Gasteiger partial charge in [-0.25, -0.2) is 13.2 Å². The van der Waals surface area contributed by atoms with E-state index in [1.807, 2.05) is 0 Å². The predicted octanol–water partition coefficient (Wildman–Crippen LogP) is 3.48. The Bertz CT molecular complexity index is 490. The number of halogens is 8. The Morgan fingerprint density at radius 2 is 1.28 bits per heavy atom. The molecule has 0 unspecified atom stereocenters. The third-order valence-corrected chi connectivity index (χ3v) is 1.90. The lowest BCUT2D eigenvalue weighted by molar-refractivity contribution is -0.255. The number of hydrogen-bond donors (Lipinski definition) is 0. The van der Waals surface area contributed by atoms with E-state index in [1.165, 1.54) is 0 Å². The third-order valence-electron chi connectivity index (χ3n) is 1.90. The van der Waals surface area contributed by atoms with Gasteiger partial charge in [0.05, 0.1) is 5.56 Å². The normalized spacial score (nSPS) is 12.7. The van der Waals surface area contributed by atoms with Crippen molar-refractivity contribution in [2.45, 2.75) is 12.1 Å². The standard InChI is InChI=1S/C9H2F8O/c10-4-2-6(12)5(11)1-3(4)7(18)8(13,14)9(15,16)17/h1-2H. The average molecular weight is 278 g/mol. The van der Waals surface area contributed by atoms with Gasteiger partial charge in [-0.15, -0.1) is 0 Å². The van der Waals surface area contributed by atoms with Gasteiger partial charge in [-0.05, 0) is 6.07 Å². The van der Waals surface area contributed by atoms with Gasteiger partial charge in [0.15, 0.2) is 11.6 Å². The van der Waals surface area contributed by atoms with Gasteiger partial charge in [0, 0.05) is 6.07 Å². The topological polar surface area (TPSA) is 17.1 Å². The molecule has 18 heavy (non-hydrogen) atoms. The van der Waals surface area contributed by atoms with E-state index in [0.717, 1.165) is 0 Å². The molecule has 9 heteroatoms. The molecular weight excluding hydrogens is 276 g/mol. The number of benzene rings is 1. The fraction of sp³-hybridized carbons (Fsp3) is 0.222. The van der Waals surface area contributed by atoms with E-state index < -0.39 is 40.9 Å². The van der Waals surface area contributed by atoms with Gasteiger partial charge >= 0.3 is 12.1 Å². The smallest absolute Gasteiger partial charge is 0.287 e. The van der Waals surface area contributed by atoms with E-state index in [4.69, 9.17) is 0 Å². The number of alkyl halides is 5. The van der Waals surface area contributed by atoms with Crippen molar-refractivity contribution in [3.05, 3.63) is 35.1 Å². The second-order valence-corrected chi connectivity index (χ2v) is 3.15. The van der Waals surface area contributed by atoms with Crippen molar-refractivity contribution in [3.63, 3.8) is 0 Å². The van der Waals surface area contributed by atoms with Gasteiger partial charge in [-0.3, -0.25) is 4.79 Å². The van der Waals surface area contributed by atoms with Crippen molar-refractivity contribution >= 4 is 5.78 Å². The first-order chi connectivity index (χ1) is 7.98. The Morgan fingerprint density at radius 1 is 0.833 bits per heavy atom. The van der Waals surface area contributed by atoms with Crippen molar-refractivity contribution < 1.29 is 39.9 Å². The van der Waals surface area contributed by atoms with Crippen LogP contribution in [0, 0.1) is 17.5 Å². The summed E-state index contributed by atoms with van der Waals surface area (Å²) in [5.74, 6) is -14.6. The highest BCUT2D eigenvalue weighted by Crippen LogP contribution is 2.38. The van der Waals surface area contributed by atoms with Crippen LogP contribution in [0.1, 0.15) is 10.4 Å². The van der Waals surface area contributed by atoms with Gasteiger partial charge < -0.3 is 0 Å². The minimum absolute atomic E-state index is 0.297. The first kappa shape index (κ1) is 14.4. The maximum Gasteiger partial charge on any atom is 0.461 e. The summed E-state index contributed by atoms with van der Waals surface area (Å²) in [5.41, 5.74) is -1.88. The lowest BCUT2D eigenvalue weighted by atomic mass is 10.0. The molecular formula is C9H2F8O. The Hall–Kier alpha value is -1.67. The van der Waals surface area contributed by atoms with Crippen molar-refractivity contribution in [2.75, 3.05) is 0 Å². The molecule has 1 nitrogen and oxygen atoms in total. The van der Waals surface area contributed by atoms with Gasteiger partial charge in [0.2, 0.25) is 5.78 Å². The van der Waals surface area contributed by atoms with Crippen molar-refractivity contribution in [1.29, 1.82) is 0 Å². The van der Waals surface area contributed by atoms with Crippen LogP contribution in [0.4, 0.5) is 35.1 Å². The fourth-order valence-corrected chi connectivity index (χ4v) is 0.994. The van der Waals surface area contributed by atoms with E-state index in [9.17, 15) is 39.9 Å². The number of rotatable bonds is 2. The molecule has 0 aliphatic carbocycles. The van der Waals surface area contributed by atoms with Gasteiger partial charge in [-0.1, -0.05) is 0 Å².